The van der Waals surface area contributed by atoms with Crippen molar-refractivity contribution in [3.8, 4) is 0 Å². The van der Waals surface area contributed by atoms with E-state index in [1.165, 1.54) is 5.69 Å². The number of aryl methyl sites for hydroxylation is 1. The van der Waals surface area contributed by atoms with E-state index in [0.29, 0.717) is 6.04 Å². The van der Waals surface area contributed by atoms with Gasteiger partial charge in [-0.1, -0.05) is 6.92 Å². The van der Waals surface area contributed by atoms with Crippen LogP contribution in [0.2, 0.25) is 0 Å². The molecular formula is C17H26N4O. The highest BCUT2D eigenvalue weighted by Gasteiger charge is 2.23. The maximum absolute atomic E-state index is 11.8. The number of rotatable bonds is 4. The lowest BCUT2D eigenvalue weighted by atomic mass is 10.1. The van der Waals surface area contributed by atoms with Crippen LogP contribution in [0.3, 0.4) is 0 Å². The minimum absolute atomic E-state index is 0.0880. The monoisotopic (exact) mass is 302 g/mol. The Balaban J connectivity index is 1.60. The molecule has 0 atom stereocenters. The summed E-state index contributed by atoms with van der Waals surface area (Å²) in [6, 6.07) is 6.60. The smallest absolute Gasteiger partial charge is 0.319 e. The SMILES string of the molecule is CCN1CCN(c2ccc(NC(=O)NC3CC3)c(C)c2)CC1. The molecule has 1 aromatic rings. The van der Waals surface area contributed by atoms with Gasteiger partial charge in [-0.2, -0.15) is 0 Å². The molecule has 0 spiro atoms. The van der Waals surface area contributed by atoms with Gasteiger partial charge in [0.15, 0.2) is 0 Å². The Morgan fingerprint density at radius 1 is 1.23 bits per heavy atom. The Bertz CT molecular complexity index is 533. The molecule has 2 amide bonds. The van der Waals surface area contributed by atoms with Gasteiger partial charge in [-0.15, -0.1) is 0 Å². The average Bonchev–Trinajstić information content (AvgIpc) is 3.33. The number of anilines is 2. The van der Waals surface area contributed by atoms with E-state index in [0.717, 1.165) is 56.8 Å². The van der Waals surface area contributed by atoms with E-state index >= 15 is 0 Å². The highest BCUT2D eigenvalue weighted by atomic mass is 16.2. The van der Waals surface area contributed by atoms with Crippen molar-refractivity contribution in [1.82, 2.24) is 10.2 Å². The second-order valence-electron chi connectivity index (χ2n) is 6.29. The summed E-state index contributed by atoms with van der Waals surface area (Å²) in [5, 5.41) is 5.90. The van der Waals surface area contributed by atoms with Gasteiger partial charge in [-0.05, 0) is 50.1 Å². The Morgan fingerprint density at radius 2 is 1.95 bits per heavy atom. The first-order valence-electron chi connectivity index (χ1n) is 8.31. The summed E-state index contributed by atoms with van der Waals surface area (Å²) >= 11 is 0. The minimum atomic E-state index is -0.0880. The van der Waals surface area contributed by atoms with E-state index in [9.17, 15) is 4.79 Å². The quantitative estimate of drug-likeness (QED) is 0.898. The molecular weight excluding hydrogens is 276 g/mol. The third kappa shape index (κ3) is 3.71. The second-order valence-corrected chi connectivity index (χ2v) is 6.29. The molecule has 120 valence electrons. The van der Waals surface area contributed by atoms with Crippen molar-refractivity contribution < 1.29 is 4.79 Å². The Morgan fingerprint density at radius 3 is 2.55 bits per heavy atom. The zero-order valence-corrected chi connectivity index (χ0v) is 13.6. The summed E-state index contributed by atoms with van der Waals surface area (Å²) in [7, 11) is 0. The van der Waals surface area contributed by atoms with Crippen LogP contribution in [-0.2, 0) is 0 Å². The van der Waals surface area contributed by atoms with Crippen molar-refractivity contribution >= 4 is 17.4 Å². The van der Waals surface area contributed by atoms with Gasteiger partial charge in [-0.25, -0.2) is 4.79 Å². The first-order valence-corrected chi connectivity index (χ1v) is 8.31. The first kappa shape index (κ1) is 15.2. The van der Waals surface area contributed by atoms with Crippen LogP contribution < -0.4 is 15.5 Å². The van der Waals surface area contributed by atoms with Gasteiger partial charge in [0.25, 0.3) is 0 Å². The van der Waals surface area contributed by atoms with Crippen molar-refractivity contribution in [3.63, 3.8) is 0 Å². The van der Waals surface area contributed by atoms with Gasteiger partial charge in [0.2, 0.25) is 0 Å². The predicted octanol–water partition coefficient (Wildman–Crippen LogP) is 2.42. The van der Waals surface area contributed by atoms with Crippen LogP contribution in [0, 0.1) is 6.92 Å². The maximum Gasteiger partial charge on any atom is 0.319 e. The molecule has 1 saturated carbocycles. The molecule has 0 unspecified atom stereocenters. The molecule has 2 fully saturated rings. The third-order valence-corrected chi connectivity index (χ3v) is 4.56. The number of hydrogen-bond acceptors (Lipinski definition) is 3. The molecule has 0 bridgehead atoms. The van der Waals surface area contributed by atoms with Crippen LogP contribution in [-0.4, -0.2) is 49.7 Å². The molecule has 2 N–H and O–H groups in total. The van der Waals surface area contributed by atoms with Gasteiger partial charge in [0.05, 0.1) is 0 Å². The molecule has 0 aromatic heterocycles. The number of benzene rings is 1. The fraction of sp³-hybridized carbons (Fsp3) is 0.588. The third-order valence-electron chi connectivity index (χ3n) is 4.56. The van der Waals surface area contributed by atoms with Crippen molar-refractivity contribution in [3.05, 3.63) is 23.8 Å². The Hall–Kier alpha value is -1.75. The largest absolute Gasteiger partial charge is 0.369 e. The summed E-state index contributed by atoms with van der Waals surface area (Å²) < 4.78 is 0. The van der Waals surface area contributed by atoms with E-state index in [-0.39, 0.29) is 6.03 Å². The molecule has 3 rings (SSSR count). The van der Waals surface area contributed by atoms with E-state index in [1.54, 1.807) is 0 Å². The van der Waals surface area contributed by atoms with Gasteiger partial charge in [0.1, 0.15) is 0 Å². The fourth-order valence-electron chi connectivity index (χ4n) is 2.88. The fourth-order valence-corrected chi connectivity index (χ4v) is 2.88. The number of carbonyl (C=O) groups excluding carboxylic acids is 1. The number of nitrogens with one attached hydrogen (secondary N) is 2. The molecule has 1 aromatic carbocycles. The Kier molecular flexibility index (Phi) is 4.52. The molecule has 0 radical (unpaired) electrons. The van der Waals surface area contributed by atoms with Crippen LogP contribution in [0.15, 0.2) is 18.2 Å². The second kappa shape index (κ2) is 6.57. The van der Waals surface area contributed by atoms with Crippen molar-refractivity contribution in [2.75, 3.05) is 42.9 Å². The van der Waals surface area contributed by atoms with Crippen molar-refractivity contribution in [1.29, 1.82) is 0 Å². The summed E-state index contributed by atoms with van der Waals surface area (Å²) in [6.07, 6.45) is 2.21. The zero-order valence-electron chi connectivity index (χ0n) is 13.6. The van der Waals surface area contributed by atoms with Crippen LogP contribution in [0.1, 0.15) is 25.3 Å². The zero-order chi connectivity index (χ0) is 15.5. The van der Waals surface area contributed by atoms with Crippen LogP contribution in [0.25, 0.3) is 0 Å². The lowest BCUT2D eigenvalue weighted by Crippen LogP contribution is -2.46. The molecule has 1 heterocycles. The topological polar surface area (TPSA) is 47.6 Å². The number of nitrogens with zero attached hydrogens (tertiary/aromatic N) is 2. The van der Waals surface area contributed by atoms with Crippen LogP contribution in [0.5, 0.6) is 0 Å². The van der Waals surface area contributed by atoms with Gasteiger partial charge < -0.3 is 20.4 Å². The van der Waals surface area contributed by atoms with Gasteiger partial charge >= 0.3 is 6.03 Å². The van der Waals surface area contributed by atoms with Crippen LogP contribution in [0.4, 0.5) is 16.2 Å². The summed E-state index contributed by atoms with van der Waals surface area (Å²) in [5.41, 5.74) is 3.26. The predicted molar refractivity (Wildman–Crippen MR) is 90.7 cm³/mol. The lowest BCUT2D eigenvalue weighted by molar-refractivity contribution is 0.251. The van der Waals surface area contributed by atoms with E-state index in [1.807, 2.05) is 6.07 Å². The lowest BCUT2D eigenvalue weighted by Gasteiger charge is -2.35. The number of amides is 2. The van der Waals surface area contributed by atoms with Gasteiger partial charge in [0, 0.05) is 43.6 Å². The molecule has 5 heteroatoms. The number of carbonyl (C=O) groups is 1. The average molecular weight is 302 g/mol. The Labute approximate surface area is 132 Å². The summed E-state index contributed by atoms with van der Waals surface area (Å²) in [5.74, 6) is 0. The standard InChI is InChI=1S/C17H26N4O/c1-3-20-8-10-21(11-9-20)15-6-7-16(13(2)12-15)19-17(22)18-14-4-5-14/h6-7,12,14H,3-5,8-11H2,1-2H3,(H2,18,19,22). The molecule has 1 aliphatic carbocycles. The van der Waals surface area contributed by atoms with E-state index < -0.39 is 0 Å². The van der Waals surface area contributed by atoms with Gasteiger partial charge in [-0.3, -0.25) is 0 Å². The summed E-state index contributed by atoms with van der Waals surface area (Å²) in [4.78, 5) is 16.7. The molecule has 2 aliphatic rings. The minimum Gasteiger partial charge on any atom is -0.369 e. The first-order chi connectivity index (χ1) is 10.7. The summed E-state index contributed by atoms with van der Waals surface area (Å²) in [6.45, 7) is 9.79. The number of hydrogen-bond donors (Lipinski definition) is 2. The van der Waals surface area contributed by atoms with Crippen LogP contribution >= 0.6 is 0 Å². The normalized spacial score (nSPS) is 19.1. The molecule has 5 nitrogen and oxygen atoms in total. The maximum atomic E-state index is 11.8. The highest BCUT2D eigenvalue weighted by molar-refractivity contribution is 5.90. The molecule has 22 heavy (non-hydrogen) atoms. The number of urea groups is 1. The van der Waals surface area contributed by atoms with Crippen molar-refractivity contribution in [2.24, 2.45) is 0 Å². The highest BCUT2D eigenvalue weighted by Crippen LogP contribution is 2.24. The molecule has 1 saturated heterocycles. The number of piperazine rings is 1. The van der Waals surface area contributed by atoms with Crippen molar-refractivity contribution in [2.45, 2.75) is 32.7 Å². The van der Waals surface area contributed by atoms with E-state index in [4.69, 9.17) is 0 Å². The molecule has 1 aliphatic heterocycles. The number of likely N-dealkylation sites (N-methyl/N-ethyl adjacent to an activating group) is 1. The van der Waals surface area contributed by atoms with E-state index in [2.05, 4.69) is 46.4 Å².